The molecule has 3 aromatic rings. The lowest BCUT2D eigenvalue weighted by atomic mass is 10.1. The van der Waals surface area contributed by atoms with E-state index in [2.05, 4.69) is 25.7 Å². The van der Waals surface area contributed by atoms with Crippen molar-refractivity contribution in [2.45, 2.75) is 33.4 Å². The minimum atomic E-state index is -0.292. The molecule has 0 bridgehead atoms. The normalized spacial score (nSPS) is 14.3. The number of nitrogens with one attached hydrogen (secondary N) is 2. The van der Waals surface area contributed by atoms with Crippen LogP contribution in [0.1, 0.15) is 35.7 Å². The standard InChI is InChI=1S/C25H30N6O3/c1-17(2)26-25(33)27-21-6-4-5-20(15-21)24(32)31-13-11-30(12-14-31)16-22-28-23(29-34-22)19-9-7-18(3)8-10-19/h4-10,15,17H,11-14,16H2,1-3H3,(H2,26,27,33). The van der Waals surface area contributed by atoms with Crippen molar-refractivity contribution in [1.82, 2.24) is 25.3 Å². The summed E-state index contributed by atoms with van der Waals surface area (Å²) in [4.78, 5) is 33.5. The Hall–Kier alpha value is -3.72. The van der Waals surface area contributed by atoms with Crippen molar-refractivity contribution in [3.8, 4) is 11.4 Å². The zero-order valence-corrected chi connectivity index (χ0v) is 19.7. The van der Waals surface area contributed by atoms with Crippen LogP contribution in [-0.4, -0.2) is 64.1 Å². The zero-order chi connectivity index (χ0) is 24.1. The lowest BCUT2D eigenvalue weighted by molar-refractivity contribution is 0.0615. The number of aromatic nitrogens is 2. The van der Waals surface area contributed by atoms with Crippen LogP contribution in [0.15, 0.2) is 53.1 Å². The van der Waals surface area contributed by atoms with E-state index >= 15 is 0 Å². The molecule has 0 aliphatic carbocycles. The first-order chi connectivity index (χ1) is 16.4. The number of amides is 3. The number of nitrogens with zero attached hydrogens (tertiary/aromatic N) is 4. The molecule has 2 N–H and O–H groups in total. The first kappa shape index (κ1) is 23.4. The van der Waals surface area contributed by atoms with Gasteiger partial charge in [-0.15, -0.1) is 0 Å². The monoisotopic (exact) mass is 462 g/mol. The van der Waals surface area contributed by atoms with Gasteiger partial charge in [0.2, 0.25) is 11.7 Å². The molecule has 9 nitrogen and oxygen atoms in total. The lowest BCUT2D eigenvalue weighted by Crippen LogP contribution is -2.48. The quantitative estimate of drug-likeness (QED) is 0.581. The third-order valence-corrected chi connectivity index (χ3v) is 5.58. The van der Waals surface area contributed by atoms with E-state index in [-0.39, 0.29) is 18.0 Å². The number of hydrogen-bond donors (Lipinski definition) is 2. The van der Waals surface area contributed by atoms with Crippen molar-refractivity contribution in [1.29, 1.82) is 0 Å². The number of carbonyl (C=O) groups is 2. The first-order valence-corrected chi connectivity index (χ1v) is 11.5. The van der Waals surface area contributed by atoms with Gasteiger partial charge in [-0.05, 0) is 39.0 Å². The van der Waals surface area contributed by atoms with Crippen molar-refractivity contribution in [2.75, 3.05) is 31.5 Å². The molecule has 0 atom stereocenters. The van der Waals surface area contributed by atoms with Crippen LogP contribution in [0, 0.1) is 6.92 Å². The average molecular weight is 463 g/mol. The van der Waals surface area contributed by atoms with Crippen LogP contribution in [0.2, 0.25) is 0 Å². The molecule has 9 heteroatoms. The Morgan fingerprint density at radius 3 is 2.50 bits per heavy atom. The maximum absolute atomic E-state index is 13.0. The molecule has 1 aliphatic heterocycles. The van der Waals surface area contributed by atoms with E-state index in [1.54, 1.807) is 24.3 Å². The maximum Gasteiger partial charge on any atom is 0.319 e. The number of rotatable bonds is 6. The lowest BCUT2D eigenvalue weighted by Gasteiger charge is -2.34. The summed E-state index contributed by atoms with van der Waals surface area (Å²) in [6, 6.07) is 14.8. The van der Waals surface area contributed by atoms with E-state index in [0.717, 1.165) is 5.56 Å². The molecule has 0 spiro atoms. The third kappa shape index (κ3) is 5.99. The highest BCUT2D eigenvalue weighted by Crippen LogP contribution is 2.18. The third-order valence-electron chi connectivity index (χ3n) is 5.58. The van der Waals surface area contributed by atoms with Gasteiger partial charge in [0, 0.05) is 49.0 Å². The summed E-state index contributed by atoms with van der Waals surface area (Å²) in [6.45, 7) is 8.99. The number of urea groups is 1. The predicted molar refractivity (Wildman–Crippen MR) is 129 cm³/mol. The largest absolute Gasteiger partial charge is 0.338 e. The Morgan fingerprint density at radius 1 is 1.06 bits per heavy atom. The average Bonchev–Trinajstić information content (AvgIpc) is 3.27. The van der Waals surface area contributed by atoms with Crippen molar-refractivity contribution in [2.24, 2.45) is 0 Å². The molecule has 4 rings (SSSR count). The summed E-state index contributed by atoms with van der Waals surface area (Å²) in [5.41, 5.74) is 3.24. The molecule has 34 heavy (non-hydrogen) atoms. The van der Waals surface area contributed by atoms with Gasteiger partial charge >= 0.3 is 6.03 Å². The summed E-state index contributed by atoms with van der Waals surface area (Å²) < 4.78 is 5.44. The summed E-state index contributed by atoms with van der Waals surface area (Å²) in [6.07, 6.45) is 0. The van der Waals surface area contributed by atoms with E-state index in [9.17, 15) is 9.59 Å². The van der Waals surface area contributed by atoms with Gasteiger partial charge in [-0.2, -0.15) is 4.98 Å². The fourth-order valence-electron chi connectivity index (χ4n) is 3.78. The molecule has 0 saturated carbocycles. The summed E-state index contributed by atoms with van der Waals surface area (Å²) >= 11 is 0. The molecule has 1 saturated heterocycles. The fraction of sp³-hybridized carbons (Fsp3) is 0.360. The Kier molecular flexibility index (Phi) is 7.22. The summed E-state index contributed by atoms with van der Waals surface area (Å²) in [7, 11) is 0. The van der Waals surface area contributed by atoms with Crippen molar-refractivity contribution >= 4 is 17.6 Å². The predicted octanol–water partition coefficient (Wildman–Crippen LogP) is 3.53. The smallest absolute Gasteiger partial charge is 0.319 e. The van der Waals surface area contributed by atoms with Crippen LogP contribution in [0.4, 0.5) is 10.5 Å². The van der Waals surface area contributed by atoms with E-state index < -0.39 is 0 Å². The zero-order valence-electron chi connectivity index (χ0n) is 19.7. The molecule has 0 radical (unpaired) electrons. The van der Waals surface area contributed by atoms with E-state index in [1.165, 1.54) is 5.56 Å². The minimum absolute atomic E-state index is 0.0301. The van der Waals surface area contributed by atoms with Gasteiger partial charge in [-0.25, -0.2) is 4.79 Å². The molecule has 2 aromatic carbocycles. The highest BCUT2D eigenvalue weighted by atomic mass is 16.5. The molecule has 1 fully saturated rings. The van der Waals surface area contributed by atoms with Crippen LogP contribution in [0.5, 0.6) is 0 Å². The molecule has 1 aromatic heterocycles. The Balaban J connectivity index is 1.30. The van der Waals surface area contributed by atoms with Crippen LogP contribution in [-0.2, 0) is 6.54 Å². The van der Waals surface area contributed by atoms with Crippen LogP contribution >= 0.6 is 0 Å². The van der Waals surface area contributed by atoms with E-state index in [1.807, 2.05) is 49.9 Å². The van der Waals surface area contributed by atoms with Crippen LogP contribution in [0.25, 0.3) is 11.4 Å². The van der Waals surface area contributed by atoms with Gasteiger partial charge in [-0.3, -0.25) is 9.69 Å². The van der Waals surface area contributed by atoms with Crippen molar-refractivity contribution < 1.29 is 14.1 Å². The maximum atomic E-state index is 13.0. The van der Waals surface area contributed by atoms with Crippen LogP contribution in [0.3, 0.4) is 0 Å². The van der Waals surface area contributed by atoms with Gasteiger partial charge in [0.1, 0.15) is 0 Å². The molecule has 178 valence electrons. The van der Waals surface area contributed by atoms with Crippen LogP contribution < -0.4 is 10.6 Å². The number of hydrogen-bond acceptors (Lipinski definition) is 6. The highest BCUT2D eigenvalue weighted by Gasteiger charge is 2.24. The molecule has 3 amide bonds. The van der Waals surface area contributed by atoms with Gasteiger partial charge in [0.25, 0.3) is 5.91 Å². The Labute approximate surface area is 199 Å². The highest BCUT2D eigenvalue weighted by molar-refractivity contribution is 5.97. The first-order valence-electron chi connectivity index (χ1n) is 11.5. The number of benzene rings is 2. The Bertz CT molecular complexity index is 1130. The minimum Gasteiger partial charge on any atom is -0.338 e. The summed E-state index contributed by atoms with van der Waals surface area (Å²) in [5.74, 6) is 1.10. The number of anilines is 1. The van der Waals surface area contributed by atoms with Gasteiger partial charge in [-0.1, -0.05) is 41.1 Å². The molecule has 2 heterocycles. The van der Waals surface area contributed by atoms with Gasteiger partial charge in [0.15, 0.2) is 0 Å². The fourth-order valence-corrected chi connectivity index (χ4v) is 3.78. The second kappa shape index (κ2) is 10.5. The van der Waals surface area contributed by atoms with E-state index in [0.29, 0.717) is 55.7 Å². The SMILES string of the molecule is Cc1ccc(-c2noc(CN3CCN(C(=O)c4cccc(NC(=O)NC(C)C)c4)CC3)n2)cc1. The second-order valence-corrected chi connectivity index (χ2v) is 8.78. The van der Waals surface area contributed by atoms with Gasteiger partial charge in [0.05, 0.1) is 6.54 Å². The van der Waals surface area contributed by atoms with Gasteiger partial charge < -0.3 is 20.1 Å². The molecular weight excluding hydrogens is 432 g/mol. The molecular formula is C25H30N6O3. The number of aryl methyl sites for hydroxylation is 1. The second-order valence-electron chi connectivity index (χ2n) is 8.78. The number of piperazine rings is 1. The summed E-state index contributed by atoms with van der Waals surface area (Å²) in [5, 5.41) is 9.64. The number of carbonyl (C=O) groups excluding carboxylic acids is 2. The molecule has 0 unspecified atom stereocenters. The topological polar surface area (TPSA) is 104 Å². The van der Waals surface area contributed by atoms with Crippen molar-refractivity contribution in [3.05, 3.63) is 65.5 Å². The molecule has 1 aliphatic rings. The Morgan fingerprint density at radius 2 is 1.79 bits per heavy atom. The van der Waals surface area contributed by atoms with E-state index in [4.69, 9.17) is 4.52 Å². The van der Waals surface area contributed by atoms with Crippen molar-refractivity contribution in [3.63, 3.8) is 0 Å².